The molecule has 1 saturated heterocycles. The van der Waals surface area contributed by atoms with Crippen molar-refractivity contribution in [2.45, 2.75) is 44.5 Å². The van der Waals surface area contributed by atoms with Crippen LogP contribution in [0.3, 0.4) is 0 Å². The third kappa shape index (κ3) is 4.01. The van der Waals surface area contributed by atoms with Crippen LogP contribution in [0.4, 0.5) is 8.78 Å². The van der Waals surface area contributed by atoms with Crippen molar-refractivity contribution >= 4 is 11.2 Å². The molecule has 12 heteroatoms. The van der Waals surface area contributed by atoms with Crippen LogP contribution in [0.2, 0.25) is 0 Å². The van der Waals surface area contributed by atoms with E-state index in [9.17, 15) is 19.0 Å². The summed E-state index contributed by atoms with van der Waals surface area (Å²) in [4.78, 5) is 16.3. The molecule has 0 saturated carbocycles. The molecule has 4 rings (SSSR count). The normalized spacial score (nSPS) is 23.9. The third-order valence-corrected chi connectivity index (χ3v) is 4.71. The lowest BCUT2D eigenvalue weighted by Crippen LogP contribution is -2.30. The van der Waals surface area contributed by atoms with Gasteiger partial charge in [0, 0.05) is 18.7 Å². The Balaban J connectivity index is 1.43. The van der Waals surface area contributed by atoms with Gasteiger partial charge in [0.25, 0.3) is 0 Å². The lowest BCUT2D eigenvalue weighted by Gasteiger charge is -2.16. The minimum atomic E-state index is -2.92. The number of aliphatic hydroxyl groups excluding tert-OH is 2. The van der Waals surface area contributed by atoms with Crippen LogP contribution in [0, 0.1) is 0 Å². The Labute approximate surface area is 169 Å². The Kier molecular flexibility index (Phi) is 5.70. The molecule has 2 N–H and O–H groups in total. The maximum absolute atomic E-state index is 12.2. The second-order valence-corrected chi connectivity index (χ2v) is 6.70. The first-order chi connectivity index (χ1) is 14.4. The van der Waals surface area contributed by atoms with Crippen molar-refractivity contribution in [3.63, 3.8) is 0 Å². The Morgan fingerprint density at radius 2 is 2.00 bits per heavy atom. The van der Waals surface area contributed by atoms with E-state index >= 15 is 0 Å². The summed E-state index contributed by atoms with van der Waals surface area (Å²) in [6.07, 6.45) is 1.11. The van der Waals surface area contributed by atoms with Crippen molar-refractivity contribution in [2.24, 2.45) is 0 Å². The SMILES string of the molecule is C[C@H]1O[C@@H](n2cnc3c(OCCc4ccc(OC(F)F)nc4)ncnc32)[C@H](O)[C@@H]1O. The third-order valence-electron chi connectivity index (χ3n) is 4.71. The second kappa shape index (κ2) is 8.42. The smallest absolute Gasteiger partial charge is 0.388 e. The molecule has 10 nitrogen and oxygen atoms in total. The van der Waals surface area contributed by atoms with Gasteiger partial charge in [0.1, 0.15) is 18.5 Å². The zero-order chi connectivity index (χ0) is 21.3. The zero-order valence-electron chi connectivity index (χ0n) is 15.8. The number of hydrogen-bond acceptors (Lipinski definition) is 9. The number of imidazole rings is 1. The Morgan fingerprint density at radius 1 is 1.17 bits per heavy atom. The average Bonchev–Trinajstić information content (AvgIpc) is 3.26. The summed E-state index contributed by atoms with van der Waals surface area (Å²) in [6.45, 7) is -1.03. The van der Waals surface area contributed by atoms with E-state index in [0.29, 0.717) is 17.6 Å². The van der Waals surface area contributed by atoms with Gasteiger partial charge in [-0.25, -0.2) is 15.0 Å². The number of nitrogens with zero attached hydrogens (tertiary/aromatic N) is 5. The highest BCUT2D eigenvalue weighted by molar-refractivity contribution is 5.76. The van der Waals surface area contributed by atoms with Crippen molar-refractivity contribution in [3.8, 4) is 11.8 Å². The highest BCUT2D eigenvalue weighted by Crippen LogP contribution is 2.32. The van der Waals surface area contributed by atoms with Crippen molar-refractivity contribution in [3.05, 3.63) is 36.5 Å². The Morgan fingerprint density at radius 3 is 2.67 bits per heavy atom. The monoisotopic (exact) mass is 423 g/mol. The quantitative estimate of drug-likeness (QED) is 0.574. The number of rotatable bonds is 7. The minimum Gasteiger partial charge on any atom is -0.476 e. The zero-order valence-corrected chi connectivity index (χ0v) is 15.8. The average molecular weight is 423 g/mol. The first-order valence-electron chi connectivity index (χ1n) is 9.15. The maximum Gasteiger partial charge on any atom is 0.388 e. The molecule has 1 aliphatic heterocycles. The number of halogens is 2. The molecule has 0 unspecified atom stereocenters. The van der Waals surface area contributed by atoms with Gasteiger partial charge in [-0.05, 0) is 12.5 Å². The summed E-state index contributed by atoms with van der Waals surface area (Å²) in [5.74, 6) is 0.0823. The number of fused-ring (bicyclic) bond motifs is 1. The summed E-state index contributed by atoms with van der Waals surface area (Å²) in [5, 5.41) is 20.1. The summed E-state index contributed by atoms with van der Waals surface area (Å²) >= 11 is 0. The molecule has 0 aromatic carbocycles. The van der Waals surface area contributed by atoms with Crippen molar-refractivity contribution in [2.75, 3.05) is 6.61 Å². The van der Waals surface area contributed by atoms with Crippen LogP contribution in [-0.2, 0) is 11.2 Å². The van der Waals surface area contributed by atoms with E-state index in [0.717, 1.165) is 5.56 Å². The molecule has 0 radical (unpaired) electrons. The van der Waals surface area contributed by atoms with E-state index in [1.54, 1.807) is 13.0 Å². The van der Waals surface area contributed by atoms with E-state index < -0.39 is 31.2 Å². The lowest BCUT2D eigenvalue weighted by atomic mass is 10.1. The van der Waals surface area contributed by atoms with E-state index in [4.69, 9.17) is 9.47 Å². The van der Waals surface area contributed by atoms with Crippen LogP contribution in [-0.4, -0.2) is 66.2 Å². The molecule has 4 atom stereocenters. The number of alkyl halides is 2. The first kappa shape index (κ1) is 20.3. The van der Waals surface area contributed by atoms with Crippen LogP contribution in [0.5, 0.6) is 11.8 Å². The van der Waals surface area contributed by atoms with Gasteiger partial charge in [0.15, 0.2) is 17.4 Å². The molecule has 160 valence electrons. The predicted octanol–water partition coefficient (Wildman–Crippen LogP) is 1.08. The molecular weight excluding hydrogens is 404 g/mol. The summed E-state index contributed by atoms with van der Waals surface area (Å²) in [6, 6.07) is 2.97. The van der Waals surface area contributed by atoms with E-state index in [-0.39, 0.29) is 18.4 Å². The van der Waals surface area contributed by atoms with Gasteiger partial charge in [0.2, 0.25) is 11.8 Å². The van der Waals surface area contributed by atoms with Crippen LogP contribution < -0.4 is 9.47 Å². The molecule has 0 aliphatic carbocycles. The largest absolute Gasteiger partial charge is 0.476 e. The molecule has 0 bridgehead atoms. The van der Waals surface area contributed by atoms with Crippen molar-refractivity contribution in [1.29, 1.82) is 0 Å². The van der Waals surface area contributed by atoms with Crippen LogP contribution in [0.15, 0.2) is 31.0 Å². The first-order valence-corrected chi connectivity index (χ1v) is 9.15. The van der Waals surface area contributed by atoms with Gasteiger partial charge in [-0.3, -0.25) is 4.57 Å². The topological polar surface area (TPSA) is 125 Å². The molecule has 30 heavy (non-hydrogen) atoms. The van der Waals surface area contributed by atoms with Gasteiger partial charge < -0.3 is 24.4 Å². The van der Waals surface area contributed by atoms with E-state index in [1.165, 1.54) is 29.5 Å². The fourth-order valence-corrected chi connectivity index (χ4v) is 3.17. The van der Waals surface area contributed by atoms with Crippen LogP contribution >= 0.6 is 0 Å². The molecular formula is C18H19F2N5O5. The summed E-state index contributed by atoms with van der Waals surface area (Å²) in [7, 11) is 0. The standard InChI is InChI=1S/C18H19F2N5O5/c1-9-13(26)14(27)17(29-9)25-8-24-12-15(25)22-7-23-16(12)28-5-4-10-2-3-11(21-6-10)30-18(19)20/h2-3,6-9,13-14,17-18,26-27H,4-5H2,1H3/t9-,13-,14-,17-/m1/s1. The number of aromatic nitrogens is 5. The van der Waals surface area contributed by atoms with E-state index in [1.807, 2.05) is 0 Å². The van der Waals surface area contributed by atoms with Gasteiger partial charge in [-0.2, -0.15) is 13.8 Å². The molecule has 3 aromatic rings. The number of aliphatic hydroxyl groups is 2. The minimum absolute atomic E-state index is 0.159. The van der Waals surface area contributed by atoms with Crippen LogP contribution in [0.1, 0.15) is 18.7 Å². The Bertz CT molecular complexity index is 1000. The van der Waals surface area contributed by atoms with Gasteiger partial charge >= 0.3 is 6.61 Å². The second-order valence-electron chi connectivity index (χ2n) is 6.70. The molecule has 1 fully saturated rings. The maximum atomic E-state index is 12.2. The molecule has 0 amide bonds. The fourth-order valence-electron chi connectivity index (χ4n) is 3.17. The molecule has 3 aromatic heterocycles. The van der Waals surface area contributed by atoms with Crippen molar-refractivity contribution in [1.82, 2.24) is 24.5 Å². The molecule has 0 spiro atoms. The Hall–Kier alpha value is -2.96. The number of ether oxygens (including phenoxy) is 3. The van der Waals surface area contributed by atoms with E-state index in [2.05, 4.69) is 24.7 Å². The van der Waals surface area contributed by atoms with Gasteiger partial charge in [-0.15, -0.1) is 0 Å². The van der Waals surface area contributed by atoms with Gasteiger partial charge in [-0.1, -0.05) is 6.07 Å². The van der Waals surface area contributed by atoms with Crippen LogP contribution in [0.25, 0.3) is 11.2 Å². The highest BCUT2D eigenvalue weighted by atomic mass is 19.3. The summed E-state index contributed by atoms with van der Waals surface area (Å²) in [5.41, 5.74) is 1.53. The predicted molar refractivity (Wildman–Crippen MR) is 97.0 cm³/mol. The van der Waals surface area contributed by atoms with Crippen molar-refractivity contribution < 1.29 is 33.2 Å². The highest BCUT2D eigenvalue weighted by Gasteiger charge is 2.42. The van der Waals surface area contributed by atoms with Gasteiger partial charge in [0.05, 0.1) is 19.0 Å². The summed E-state index contributed by atoms with van der Waals surface area (Å²) < 4.78 is 41.4. The number of pyridine rings is 1. The fraction of sp³-hybridized carbons (Fsp3) is 0.444. The molecule has 1 aliphatic rings. The number of hydrogen-bond donors (Lipinski definition) is 2. The lowest BCUT2D eigenvalue weighted by molar-refractivity contribution is -0.0528. The molecule has 4 heterocycles.